The van der Waals surface area contributed by atoms with Crippen molar-refractivity contribution >= 4 is 0 Å². The monoisotopic (exact) mass is 279 g/mol. The highest BCUT2D eigenvalue weighted by Gasteiger charge is 2.25. The minimum atomic E-state index is 0.275. The van der Waals surface area contributed by atoms with Crippen molar-refractivity contribution in [1.29, 1.82) is 0 Å². The molecule has 2 aliphatic rings. The van der Waals surface area contributed by atoms with Crippen molar-refractivity contribution in [2.75, 3.05) is 6.54 Å². The fourth-order valence-electron chi connectivity index (χ4n) is 3.61. The van der Waals surface area contributed by atoms with Crippen molar-refractivity contribution in [3.05, 3.63) is 65.2 Å². The van der Waals surface area contributed by atoms with Crippen LogP contribution in [0.1, 0.15) is 35.6 Å². The second-order valence-electron chi connectivity index (χ2n) is 6.10. The zero-order chi connectivity index (χ0) is 14.1. The lowest BCUT2D eigenvalue weighted by molar-refractivity contribution is 0.219. The summed E-state index contributed by atoms with van der Waals surface area (Å²) >= 11 is 0. The first-order chi connectivity index (χ1) is 10.4. The Balaban J connectivity index is 1.41. The lowest BCUT2D eigenvalue weighted by atomic mass is 9.87. The van der Waals surface area contributed by atoms with Crippen molar-refractivity contribution < 1.29 is 4.74 Å². The summed E-state index contributed by atoms with van der Waals surface area (Å²) in [6.45, 7) is 0.924. The van der Waals surface area contributed by atoms with E-state index < -0.39 is 0 Å². The van der Waals surface area contributed by atoms with Crippen LogP contribution < -0.4 is 10.1 Å². The van der Waals surface area contributed by atoms with Crippen molar-refractivity contribution in [2.45, 2.75) is 37.8 Å². The number of hydrogen-bond acceptors (Lipinski definition) is 2. The van der Waals surface area contributed by atoms with Gasteiger partial charge in [-0.1, -0.05) is 42.5 Å². The molecule has 2 unspecified atom stereocenters. The lowest BCUT2D eigenvalue weighted by Gasteiger charge is -2.27. The van der Waals surface area contributed by atoms with Crippen LogP contribution in [0.15, 0.2) is 48.5 Å². The molecule has 2 heteroatoms. The number of hydrogen-bond donors (Lipinski definition) is 1. The molecule has 0 saturated heterocycles. The normalized spacial score (nSPS) is 23.2. The molecule has 1 aliphatic carbocycles. The van der Waals surface area contributed by atoms with E-state index in [2.05, 4.69) is 47.8 Å². The number of ether oxygens (including phenoxy) is 1. The van der Waals surface area contributed by atoms with Crippen LogP contribution in [-0.2, 0) is 12.8 Å². The van der Waals surface area contributed by atoms with E-state index in [9.17, 15) is 0 Å². The van der Waals surface area contributed by atoms with Crippen molar-refractivity contribution in [1.82, 2.24) is 5.32 Å². The maximum Gasteiger partial charge on any atom is 0.123 e. The summed E-state index contributed by atoms with van der Waals surface area (Å²) in [7, 11) is 0. The smallest absolute Gasteiger partial charge is 0.123 e. The molecule has 21 heavy (non-hydrogen) atoms. The quantitative estimate of drug-likeness (QED) is 0.926. The van der Waals surface area contributed by atoms with Gasteiger partial charge in [0.1, 0.15) is 11.9 Å². The molecule has 2 aromatic rings. The Morgan fingerprint density at radius 2 is 1.81 bits per heavy atom. The van der Waals surface area contributed by atoms with Gasteiger partial charge in [0.05, 0.1) is 0 Å². The lowest BCUT2D eigenvalue weighted by Crippen LogP contribution is -2.34. The number of aryl methyl sites for hydroxylation is 1. The van der Waals surface area contributed by atoms with Gasteiger partial charge in [-0.15, -0.1) is 0 Å². The third kappa shape index (κ3) is 2.56. The van der Waals surface area contributed by atoms with Crippen LogP contribution >= 0.6 is 0 Å². The number of nitrogens with one attached hydrogen (secondary N) is 1. The fourth-order valence-corrected chi connectivity index (χ4v) is 3.61. The number of rotatable bonds is 3. The van der Waals surface area contributed by atoms with Crippen molar-refractivity contribution in [2.24, 2.45) is 0 Å². The summed E-state index contributed by atoms with van der Waals surface area (Å²) in [6.07, 6.45) is 5.03. The number of fused-ring (bicyclic) bond motifs is 2. The summed E-state index contributed by atoms with van der Waals surface area (Å²) in [5.74, 6) is 1.06. The van der Waals surface area contributed by atoms with Gasteiger partial charge in [-0.25, -0.2) is 0 Å². The van der Waals surface area contributed by atoms with E-state index >= 15 is 0 Å². The van der Waals surface area contributed by atoms with E-state index in [1.807, 2.05) is 6.07 Å². The molecule has 0 spiro atoms. The van der Waals surface area contributed by atoms with Gasteiger partial charge in [0.25, 0.3) is 0 Å². The topological polar surface area (TPSA) is 21.3 Å². The Labute approximate surface area is 126 Å². The van der Waals surface area contributed by atoms with E-state index in [4.69, 9.17) is 4.74 Å². The minimum absolute atomic E-state index is 0.275. The molecule has 0 saturated carbocycles. The van der Waals surface area contributed by atoms with Gasteiger partial charge in [0, 0.05) is 19.0 Å². The maximum absolute atomic E-state index is 6.02. The molecule has 0 bridgehead atoms. The minimum Gasteiger partial charge on any atom is -0.488 e. The molecule has 2 atom stereocenters. The first kappa shape index (κ1) is 12.9. The van der Waals surface area contributed by atoms with Crippen LogP contribution in [-0.4, -0.2) is 12.6 Å². The maximum atomic E-state index is 6.02. The first-order valence-corrected chi connectivity index (χ1v) is 7.96. The third-order valence-corrected chi connectivity index (χ3v) is 4.68. The molecule has 0 radical (unpaired) electrons. The highest BCUT2D eigenvalue weighted by Crippen LogP contribution is 2.31. The van der Waals surface area contributed by atoms with E-state index in [0.29, 0.717) is 6.04 Å². The molecular weight excluding hydrogens is 258 g/mol. The molecule has 1 N–H and O–H groups in total. The van der Waals surface area contributed by atoms with Crippen LogP contribution in [0.5, 0.6) is 5.75 Å². The summed E-state index contributed by atoms with van der Waals surface area (Å²) in [5, 5.41) is 3.73. The van der Waals surface area contributed by atoms with Crippen LogP contribution in [0.3, 0.4) is 0 Å². The predicted molar refractivity (Wildman–Crippen MR) is 84.7 cm³/mol. The largest absolute Gasteiger partial charge is 0.488 e. The van der Waals surface area contributed by atoms with Gasteiger partial charge in [0.15, 0.2) is 0 Å². The van der Waals surface area contributed by atoms with Crippen LogP contribution in [0, 0.1) is 0 Å². The Morgan fingerprint density at radius 3 is 2.71 bits per heavy atom. The average molecular weight is 279 g/mol. The Kier molecular flexibility index (Phi) is 3.40. The summed E-state index contributed by atoms with van der Waals surface area (Å²) in [5.41, 5.74) is 4.34. The third-order valence-electron chi connectivity index (χ3n) is 4.68. The number of benzene rings is 2. The van der Waals surface area contributed by atoms with Crippen molar-refractivity contribution in [3.8, 4) is 5.75 Å². The van der Waals surface area contributed by atoms with Gasteiger partial charge < -0.3 is 10.1 Å². The van der Waals surface area contributed by atoms with Gasteiger partial charge in [0.2, 0.25) is 0 Å². The van der Waals surface area contributed by atoms with Crippen LogP contribution in [0.4, 0.5) is 0 Å². The Morgan fingerprint density at radius 1 is 1.00 bits per heavy atom. The Bertz CT molecular complexity index is 612. The number of para-hydroxylation sites is 1. The van der Waals surface area contributed by atoms with E-state index in [1.165, 1.54) is 36.0 Å². The molecule has 0 fully saturated rings. The van der Waals surface area contributed by atoms with Crippen molar-refractivity contribution in [3.63, 3.8) is 0 Å². The van der Waals surface area contributed by atoms with Gasteiger partial charge in [-0.05, 0) is 42.0 Å². The zero-order valence-electron chi connectivity index (χ0n) is 12.2. The molecule has 2 nitrogen and oxygen atoms in total. The Hall–Kier alpha value is -1.80. The van der Waals surface area contributed by atoms with Crippen LogP contribution in [0.25, 0.3) is 0 Å². The van der Waals surface area contributed by atoms with E-state index in [0.717, 1.165) is 18.7 Å². The predicted octanol–water partition coefficient (Wildman–Crippen LogP) is 3.66. The molecule has 0 aromatic heterocycles. The van der Waals surface area contributed by atoms with Gasteiger partial charge in [-0.2, -0.15) is 0 Å². The second-order valence-corrected chi connectivity index (χ2v) is 6.10. The summed E-state index contributed by atoms with van der Waals surface area (Å²) in [4.78, 5) is 0. The van der Waals surface area contributed by atoms with Gasteiger partial charge in [-0.3, -0.25) is 0 Å². The zero-order valence-corrected chi connectivity index (χ0v) is 12.2. The highest BCUT2D eigenvalue weighted by molar-refractivity contribution is 5.37. The molecule has 0 amide bonds. The molecule has 108 valence electrons. The molecule has 1 aliphatic heterocycles. The average Bonchev–Trinajstić information content (AvgIpc) is 2.96. The molecular formula is C19H21NO. The summed E-state index contributed by atoms with van der Waals surface area (Å²) < 4.78 is 6.02. The van der Waals surface area contributed by atoms with E-state index in [-0.39, 0.29) is 6.10 Å². The standard InChI is InChI=1S/C19H21NO/c1-3-9-17-14(6-1)8-5-10-18(17)20-13-16-12-15-7-2-4-11-19(15)21-16/h1-4,6-7,9,11,16,18,20H,5,8,10,12-13H2. The second kappa shape index (κ2) is 5.53. The van der Waals surface area contributed by atoms with Crippen LogP contribution in [0.2, 0.25) is 0 Å². The SMILES string of the molecule is c1ccc2c(c1)CC(CNC1CCCc3ccccc31)O2. The van der Waals surface area contributed by atoms with Gasteiger partial charge >= 0.3 is 0 Å². The molecule has 2 aromatic carbocycles. The molecule has 1 heterocycles. The highest BCUT2D eigenvalue weighted by atomic mass is 16.5. The first-order valence-electron chi connectivity index (χ1n) is 7.96. The molecule has 4 rings (SSSR count). The van der Waals surface area contributed by atoms with E-state index in [1.54, 1.807) is 0 Å². The fraction of sp³-hybridized carbons (Fsp3) is 0.368. The summed E-state index contributed by atoms with van der Waals surface area (Å²) in [6, 6.07) is 17.7.